The largest absolute Gasteiger partial charge is 0.357 e. The van der Waals surface area contributed by atoms with Crippen LogP contribution in [0.25, 0.3) is 0 Å². The first kappa shape index (κ1) is 20.3. The van der Waals surface area contributed by atoms with E-state index in [-0.39, 0.29) is 5.91 Å². The molecule has 1 aromatic carbocycles. The van der Waals surface area contributed by atoms with Crippen molar-refractivity contribution >= 4 is 34.9 Å². The van der Waals surface area contributed by atoms with Gasteiger partial charge in [0.15, 0.2) is 0 Å². The van der Waals surface area contributed by atoms with Crippen LogP contribution < -0.4 is 20.9 Å². The molecule has 3 rings (SSSR count). The quantitative estimate of drug-likeness (QED) is 0.672. The van der Waals surface area contributed by atoms with Crippen molar-refractivity contribution in [3.05, 3.63) is 48.7 Å². The maximum Gasteiger partial charge on any atom is 0.313 e. The predicted octanol–water partition coefficient (Wildman–Crippen LogP) is 2.01. The number of nitrogens with zero attached hydrogens (tertiary/aromatic N) is 2. The molecule has 8 nitrogen and oxygen atoms in total. The summed E-state index contributed by atoms with van der Waals surface area (Å²) in [6, 6.07) is 12.4. The summed E-state index contributed by atoms with van der Waals surface area (Å²) < 4.78 is 0. The second-order valence-corrected chi connectivity index (χ2v) is 7.04. The molecule has 1 fully saturated rings. The van der Waals surface area contributed by atoms with Crippen LogP contribution in [0.1, 0.15) is 19.8 Å². The monoisotopic (exact) mass is 395 g/mol. The topological polar surface area (TPSA) is 103 Å². The van der Waals surface area contributed by atoms with Crippen LogP contribution >= 0.6 is 0 Å². The summed E-state index contributed by atoms with van der Waals surface area (Å²) in [6.45, 7) is 3.65. The third kappa shape index (κ3) is 6.03. The van der Waals surface area contributed by atoms with Gasteiger partial charge in [-0.15, -0.1) is 0 Å². The van der Waals surface area contributed by atoms with Crippen LogP contribution in [0.4, 0.5) is 17.2 Å². The van der Waals surface area contributed by atoms with Crippen LogP contribution in [0.3, 0.4) is 0 Å². The first-order valence-corrected chi connectivity index (χ1v) is 9.64. The summed E-state index contributed by atoms with van der Waals surface area (Å²) in [5.74, 6) is -0.221. The zero-order valence-corrected chi connectivity index (χ0v) is 16.4. The Balaban J connectivity index is 1.40. The van der Waals surface area contributed by atoms with Crippen molar-refractivity contribution in [3.8, 4) is 0 Å². The number of hydrogen-bond acceptors (Lipinski definition) is 5. The SMILES string of the molecule is CC(=O)Nc1ccc(NC(=O)C(=O)NCC2CCN(c3ccccn3)CC2)cc1. The summed E-state index contributed by atoms with van der Waals surface area (Å²) in [5.41, 5.74) is 1.11. The fourth-order valence-corrected chi connectivity index (χ4v) is 3.25. The Morgan fingerprint density at radius 3 is 2.21 bits per heavy atom. The highest BCUT2D eigenvalue weighted by atomic mass is 16.2. The van der Waals surface area contributed by atoms with Crippen molar-refractivity contribution in [2.45, 2.75) is 19.8 Å². The van der Waals surface area contributed by atoms with Gasteiger partial charge in [-0.1, -0.05) is 6.07 Å². The van der Waals surface area contributed by atoms with Gasteiger partial charge in [0.05, 0.1) is 0 Å². The predicted molar refractivity (Wildman–Crippen MR) is 112 cm³/mol. The molecule has 1 aromatic heterocycles. The first-order chi connectivity index (χ1) is 14.0. The molecule has 3 amide bonds. The van der Waals surface area contributed by atoms with Crippen LogP contribution in [0, 0.1) is 5.92 Å². The van der Waals surface area contributed by atoms with E-state index in [0.717, 1.165) is 31.7 Å². The Bertz CT molecular complexity index is 846. The molecule has 1 aliphatic heterocycles. The molecule has 1 saturated heterocycles. The Kier molecular flexibility index (Phi) is 6.78. The van der Waals surface area contributed by atoms with Gasteiger partial charge in [-0.2, -0.15) is 0 Å². The second kappa shape index (κ2) is 9.68. The highest BCUT2D eigenvalue weighted by Gasteiger charge is 2.22. The van der Waals surface area contributed by atoms with E-state index >= 15 is 0 Å². The van der Waals surface area contributed by atoms with E-state index in [2.05, 4.69) is 25.8 Å². The summed E-state index contributed by atoms with van der Waals surface area (Å²) in [7, 11) is 0. The van der Waals surface area contributed by atoms with Crippen LogP contribution in [0.15, 0.2) is 48.7 Å². The van der Waals surface area contributed by atoms with Crippen molar-refractivity contribution in [1.82, 2.24) is 10.3 Å². The summed E-state index contributed by atoms with van der Waals surface area (Å²) >= 11 is 0. The molecule has 152 valence electrons. The summed E-state index contributed by atoms with van der Waals surface area (Å²) in [5, 5.41) is 7.92. The average Bonchev–Trinajstić information content (AvgIpc) is 2.74. The van der Waals surface area contributed by atoms with Crippen molar-refractivity contribution in [3.63, 3.8) is 0 Å². The van der Waals surface area contributed by atoms with Crippen molar-refractivity contribution in [2.24, 2.45) is 5.92 Å². The zero-order valence-electron chi connectivity index (χ0n) is 16.4. The Hall–Kier alpha value is -3.42. The zero-order chi connectivity index (χ0) is 20.6. The fraction of sp³-hybridized carbons (Fsp3) is 0.333. The van der Waals surface area contributed by atoms with E-state index in [4.69, 9.17) is 0 Å². The van der Waals surface area contributed by atoms with Crippen LogP contribution in [0.2, 0.25) is 0 Å². The Labute approximate surface area is 169 Å². The third-order valence-corrected chi connectivity index (χ3v) is 4.81. The average molecular weight is 395 g/mol. The molecule has 0 spiro atoms. The Morgan fingerprint density at radius 2 is 1.62 bits per heavy atom. The van der Waals surface area contributed by atoms with Gasteiger partial charge in [-0.25, -0.2) is 4.98 Å². The molecule has 29 heavy (non-hydrogen) atoms. The minimum absolute atomic E-state index is 0.174. The highest BCUT2D eigenvalue weighted by molar-refractivity contribution is 6.39. The molecule has 3 N–H and O–H groups in total. The molecule has 0 bridgehead atoms. The smallest absolute Gasteiger partial charge is 0.313 e. The number of carbonyl (C=O) groups excluding carboxylic acids is 3. The lowest BCUT2D eigenvalue weighted by atomic mass is 9.97. The van der Waals surface area contributed by atoms with Gasteiger partial charge in [0.25, 0.3) is 0 Å². The van der Waals surface area contributed by atoms with Crippen molar-refractivity contribution in [1.29, 1.82) is 0 Å². The molecular formula is C21H25N5O3. The number of nitrogens with one attached hydrogen (secondary N) is 3. The number of pyridine rings is 1. The second-order valence-electron chi connectivity index (χ2n) is 7.04. The van der Waals surface area contributed by atoms with Gasteiger partial charge in [0.2, 0.25) is 5.91 Å². The van der Waals surface area contributed by atoms with Crippen LogP contribution in [-0.2, 0) is 14.4 Å². The van der Waals surface area contributed by atoms with Gasteiger partial charge in [0, 0.05) is 44.1 Å². The number of amides is 3. The minimum Gasteiger partial charge on any atom is -0.357 e. The first-order valence-electron chi connectivity index (χ1n) is 9.64. The molecule has 0 atom stereocenters. The van der Waals surface area contributed by atoms with E-state index in [9.17, 15) is 14.4 Å². The summed E-state index contributed by atoms with van der Waals surface area (Å²) in [4.78, 5) is 41.8. The van der Waals surface area contributed by atoms with E-state index in [1.165, 1.54) is 6.92 Å². The van der Waals surface area contributed by atoms with E-state index in [1.807, 2.05) is 18.2 Å². The normalized spacial score (nSPS) is 14.2. The lowest BCUT2D eigenvalue weighted by molar-refractivity contribution is -0.136. The molecule has 0 radical (unpaired) electrons. The molecule has 0 unspecified atom stereocenters. The Morgan fingerprint density at radius 1 is 0.966 bits per heavy atom. The van der Waals surface area contributed by atoms with Gasteiger partial charge < -0.3 is 20.9 Å². The lowest BCUT2D eigenvalue weighted by Gasteiger charge is -2.32. The standard InChI is InChI=1S/C21H25N5O3/c1-15(27)24-17-5-7-18(8-6-17)25-21(29)20(28)23-14-16-9-12-26(13-10-16)19-4-2-3-11-22-19/h2-8,11,16H,9-10,12-14H2,1H3,(H,23,28)(H,24,27)(H,25,29). The molecule has 2 heterocycles. The number of benzene rings is 1. The molecule has 2 aromatic rings. The van der Waals surface area contributed by atoms with E-state index in [1.54, 1.807) is 30.5 Å². The maximum absolute atomic E-state index is 12.1. The number of hydrogen-bond donors (Lipinski definition) is 3. The van der Waals surface area contributed by atoms with Gasteiger partial charge in [0.1, 0.15) is 5.82 Å². The van der Waals surface area contributed by atoms with Crippen LogP contribution in [0.5, 0.6) is 0 Å². The van der Waals surface area contributed by atoms with Gasteiger partial charge in [-0.05, 0) is 55.2 Å². The van der Waals surface area contributed by atoms with Gasteiger partial charge in [-0.3, -0.25) is 14.4 Å². The van der Waals surface area contributed by atoms with Gasteiger partial charge >= 0.3 is 11.8 Å². The van der Waals surface area contributed by atoms with Crippen molar-refractivity contribution in [2.75, 3.05) is 35.2 Å². The van der Waals surface area contributed by atoms with E-state index < -0.39 is 11.8 Å². The van der Waals surface area contributed by atoms with Crippen molar-refractivity contribution < 1.29 is 14.4 Å². The number of anilines is 3. The molecule has 8 heteroatoms. The lowest BCUT2D eigenvalue weighted by Crippen LogP contribution is -2.42. The van der Waals surface area contributed by atoms with E-state index in [0.29, 0.717) is 23.8 Å². The molecule has 0 saturated carbocycles. The summed E-state index contributed by atoms with van der Waals surface area (Å²) in [6.07, 6.45) is 3.65. The third-order valence-electron chi connectivity index (χ3n) is 4.81. The number of piperidine rings is 1. The fourth-order valence-electron chi connectivity index (χ4n) is 3.25. The number of aromatic nitrogens is 1. The number of carbonyl (C=O) groups is 3. The molecular weight excluding hydrogens is 370 g/mol. The van der Waals surface area contributed by atoms with Crippen LogP contribution in [-0.4, -0.2) is 42.3 Å². The minimum atomic E-state index is -0.705. The number of rotatable bonds is 5. The maximum atomic E-state index is 12.1. The highest BCUT2D eigenvalue weighted by Crippen LogP contribution is 2.21. The molecule has 1 aliphatic rings. The molecule has 0 aliphatic carbocycles.